The molecule has 0 unspecified atom stereocenters. The number of furan rings is 1. The summed E-state index contributed by atoms with van der Waals surface area (Å²) in [6.07, 6.45) is 1.38. The fourth-order valence-corrected chi connectivity index (χ4v) is 2.67. The minimum atomic E-state index is -0.532. The Labute approximate surface area is 156 Å². The van der Waals surface area contributed by atoms with Gasteiger partial charge in [0, 0.05) is 23.0 Å². The van der Waals surface area contributed by atoms with Crippen LogP contribution in [0.5, 0.6) is 0 Å². The number of carbonyl (C=O) groups excluding carboxylic acids is 1. The van der Waals surface area contributed by atoms with Crippen LogP contribution in [0.25, 0.3) is 17.4 Å². The summed E-state index contributed by atoms with van der Waals surface area (Å²) in [5.41, 5.74) is 5.45. The summed E-state index contributed by atoms with van der Waals surface area (Å²) >= 11 is 0. The van der Waals surface area contributed by atoms with Crippen LogP contribution in [0.3, 0.4) is 0 Å². The zero-order valence-electron chi connectivity index (χ0n) is 14.9. The number of benzene rings is 1. The highest BCUT2D eigenvalue weighted by Crippen LogP contribution is 2.26. The molecule has 0 radical (unpaired) electrons. The molecule has 0 atom stereocenters. The largest absolute Gasteiger partial charge is 0.457 e. The lowest BCUT2D eigenvalue weighted by Crippen LogP contribution is -2.25. The highest BCUT2D eigenvalue weighted by Gasteiger charge is 2.14. The Hall–Kier alpha value is -4.03. The number of hydrogen-bond donors (Lipinski definition) is 1. The Morgan fingerprint density at radius 3 is 2.44 bits per heavy atom. The van der Waals surface area contributed by atoms with Crippen LogP contribution in [-0.2, 0) is 4.79 Å². The van der Waals surface area contributed by atoms with Gasteiger partial charge in [-0.3, -0.25) is 14.9 Å². The number of carbonyl (C=O) groups is 1. The third-order valence-corrected chi connectivity index (χ3v) is 4.08. The van der Waals surface area contributed by atoms with Gasteiger partial charge in [0.2, 0.25) is 0 Å². The van der Waals surface area contributed by atoms with Crippen LogP contribution in [0, 0.1) is 36.5 Å². The normalized spacial score (nSPS) is 10.9. The Balaban J connectivity index is 1.87. The van der Waals surface area contributed by atoms with Crippen molar-refractivity contribution < 1.29 is 9.21 Å². The maximum Gasteiger partial charge on any atom is 0.280 e. The molecule has 2 aromatic heterocycles. The molecular weight excluding hydrogens is 340 g/mol. The molecule has 2 heterocycles. The first kappa shape index (κ1) is 17.8. The summed E-state index contributed by atoms with van der Waals surface area (Å²) in [6.45, 7) is 3.71. The van der Waals surface area contributed by atoms with Gasteiger partial charge in [-0.15, -0.1) is 0 Å². The van der Waals surface area contributed by atoms with E-state index in [1.54, 1.807) is 35.0 Å². The monoisotopic (exact) mass is 356 g/mol. The van der Waals surface area contributed by atoms with Gasteiger partial charge in [-0.2, -0.15) is 10.5 Å². The predicted octanol–water partition coefficient (Wildman–Crippen LogP) is 3.91. The van der Waals surface area contributed by atoms with Crippen molar-refractivity contribution in [1.82, 2.24) is 4.68 Å². The van der Waals surface area contributed by atoms with Crippen molar-refractivity contribution in [2.75, 3.05) is 5.43 Å². The molecule has 1 N–H and O–H groups in total. The van der Waals surface area contributed by atoms with Crippen LogP contribution in [-0.4, -0.2) is 10.6 Å². The highest BCUT2D eigenvalue weighted by atomic mass is 16.3. The number of rotatable bonds is 4. The van der Waals surface area contributed by atoms with E-state index in [0.717, 1.165) is 11.4 Å². The second kappa shape index (κ2) is 7.47. The van der Waals surface area contributed by atoms with Gasteiger partial charge in [0.05, 0.1) is 11.6 Å². The number of nitrogens with one attached hydrogen (secondary N) is 1. The molecule has 3 rings (SSSR count). The van der Waals surface area contributed by atoms with Crippen LogP contribution >= 0.6 is 0 Å². The van der Waals surface area contributed by atoms with Gasteiger partial charge in [0.15, 0.2) is 0 Å². The van der Waals surface area contributed by atoms with Crippen molar-refractivity contribution in [3.8, 4) is 23.5 Å². The molecule has 27 heavy (non-hydrogen) atoms. The molecule has 0 saturated heterocycles. The quantitative estimate of drug-likeness (QED) is 0.566. The Morgan fingerprint density at radius 2 is 1.78 bits per heavy atom. The fraction of sp³-hybridized carbons (Fsp3) is 0.0952. The number of nitriles is 2. The highest BCUT2D eigenvalue weighted by molar-refractivity contribution is 6.06. The maximum absolute atomic E-state index is 12.4. The van der Waals surface area contributed by atoms with Gasteiger partial charge in [0.25, 0.3) is 5.91 Å². The molecule has 0 bridgehead atoms. The topological polar surface area (TPSA) is 94.8 Å². The second-order valence-electron chi connectivity index (χ2n) is 5.92. The van der Waals surface area contributed by atoms with E-state index in [1.807, 2.05) is 38.1 Å². The van der Waals surface area contributed by atoms with Gasteiger partial charge in [0.1, 0.15) is 23.2 Å². The molecule has 0 spiro atoms. The van der Waals surface area contributed by atoms with E-state index < -0.39 is 5.91 Å². The van der Waals surface area contributed by atoms with Crippen molar-refractivity contribution in [2.24, 2.45) is 0 Å². The SMILES string of the molecule is Cc1ccc(C)n1NC(=O)/C(C#N)=C\c1ccc(-c2ccccc2C#N)o1. The average Bonchev–Trinajstić information content (AvgIpc) is 3.27. The van der Waals surface area contributed by atoms with Gasteiger partial charge in [-0.25, -0.2) is 0 Å². The minimum absolute atomic E-state index is 0.0861. The minimum Gasteiger partial charge on any atom is -0.457 e. The van der Waals surface area contributed by atoms with E-state index in [2.05, 4.69) is 11.5 Å². The van der Waals surface area contributed by atoms with Crippen LogP contribution in [0.1, 0.15) is 22.7 Å². The summed E-state index contributed by atoms with van der Waals surface area (Å²) < 4.78 is 7.33. The predicted molar refractivity (Wildman–Crippen MR) is 101 cm³/mol. The summed E-state index contributed by atoms with van der Waals surface area (Å²) in [6, 6.07) is 18.2. The first-order valence-corrected chi connectivity index (χ1v) is 8.21. The number of amides is 1. The standard InChI is InChI=1S/C21H16N4O2/c1-14-7-8-15(2)25(14)24-21(26)17(13-23)11-18-9-10-20(27-18)19-6-4-3-5-16(19)12-22/h3-11H,1-2H3,(H,24,26)/b17-11-. The summed E-state index contributed by atoms with van der Waals surface area (Å²) in [5.74, 6) is 0.314. The molecule has 0 aliphatic carbocycles. The van der Waals surface area contributed by atoms with Gasteiger partial charge < -0.3 is 4.42 Å². The van der Waals surface area contributed by atoms with Crippen molar-refractivity contribution in [3.05, 3.63) is 76.8 Å². The average molecular weight is 356 g/mol. The van der Waals surface area contributed by atoms with E-state index in [1.165, 1.54) is 6.08 Å². The molecule has 6 heteroatoms. The number of aryl methyl sites for hydroxylation is 2. The molecule has 0 aliphatic rings. The maximum atomic E-state index is 12.4. The van der Waals surface area contributed by atoms with Crippen LogP contribution < -0.4 is 5.43 Å². The lowest BCUT2D eigenvalue weighted by molar-refractivity contribution is -0.113. The van der Waals surface area contributed by atoms with E-state index in [-0.39, 0.29) is 5.57 Å². The first-order valence-electron chi connectivity index (χ1n) is 8.21. The van der Waals surface area contributed by atoms with Gasteiger partial charge >= 0.3 is 0 Å². The molecule has 0 saturated carbocycles. The number of hydrogen-bond acceptors (Lipinski definition) is 4. The molecule has 6 nitrogen and oxygen atoms in total. The van der Waals surface area contributed by atoms with Crippen molar-refractivity contribution >= 4 is 12.0 Å². The zero-order valence-corrected chi connectivity index (χ0v) is 14.9. The summed E-state index contributed by atoms with van der Waals surface area (Å²) in [4.78, 5) is 12.4. The van der Waals surface area contributed by atoms with Gasteiger partial charge in [-0.05, 0) is 50.2 Å². The first-order chi connectivity index (χ1) is 13.0. The second-order valence-corrected chi connectivity index (χ2v) is 5.92. The molecular formula is C21H16N4O2. The number of aromatic nitrogens is 1. The molecule has 132 valence electrons. The zero-order chi connectivity index (χ0) is 19.4. The molecule has 0 fully saturated rings. The fourth-order valence-electron chi connectivity index (χ4n) is 2.67. The summed E-state index contributed by atoms with van der Waals surface area (Å²) in [5, 5.41) is 18.6. The van der Waals surface area contributed by atoms with E-state index in [0.29, 0.717) is 22.6 Å². The lowest BCUT2D eigenvalue weighted by Gasteiger charge is -2.10. The van der Waals surface area contributed by atoms with Crippen molar-refractivity contribution in [2.45, 2.75) is 13.8 Å². The number of nitrogens with zero attached hydrogens (tertiary/aromatic N) is 3. The van der Waals surface area contributed by atoms with E-state index in [4.69, 9.17) is 4.42 Å². The van der Waals surface area contributed by atoms with Gasteiger partial charge in [-0.1, -0.05) is 12.1 Å². The lowest BCUT2D eigenvalue weighted by atomic mass is 10.1. The summed E-state index contributed by atoms with van der Waals surface area (Å²) in [7, 11) is 0. The van der Waals surface area contributed by atoms with Crippen molar-refractivity contribution in [1.29, 1.82) is 10.5 Å². The van der Waals surface area contributed by atoms with Crippen LogP contribution in [0.15, 0.2) is 58.5 Å². The van der Waals surface area contributed by atoms with Crippen LogP contribution in [0.2, 0.25) is 0 Å². The molecule has 3 aromatic rings. The third-order valence-electron chi connectivity index (χ3n) is 4.08. The van der Waals surface area contributed by atoms with E-state index in [9.17, 15) is 15.3 Å². The smallest absolute Gasteiger partial charge is 0.280 e. The Kier molecular flexibility index (Phi) is 4.92. The Morgan fingerprint density at radius 1 is 1.07 bits per heavy atom. The Bertz CT molecular complexity index is 1100. The molecule has 1 amide bonds. The molecule has 0 aliphatic heterocycles. The van der Waals surface area contributed by atoms with Crippen molar-refractivity contribution in [3.63, 3.8) is 0 Å². The third kappa shape index (κ3) is 3.65. The molecule has 1 aromatic carbocycles. The van der Waals surface area contributed by atoms with E-state index >= 15 is 0 Å². The van der Waals surface area contributed by atoms with Crippen LogP contribution in [0.4, 0.5) is 0 Å².